The predicted molar refractivity (Wildman–Crippen MR) is 53.7 cm³/mol. The van der Waals surface area contributed by atoms with Crippen LogP contribution in [0.25, 0.3) is 0 Å². The van der Waals surface area contributed by atoms with Crippen molar-refractivity contribution in [1.82, 2.24) is 4.98 Å². The summed E-state index contributed by atoms with van der Waals surface area (Å²) in [6.45, 7) is 0. The molecule has 1 N–H and O–H groups in total. The van der Waals surface area contributed by atoms with Crippen LogP contribution in [0.2, 0.25) is 0 Å². The van der Waals surface area contributed by atoms with Gasteiger partial charge in [-0.15, -0.1) is 0 Å². The summed E-state index contributed by atoms with van der Waals surface area (Å²) in [5, 5.41) is 8.49. The van der Waals surface area contributed by atoms with E-state index in [-0.39, 0.29) is 6.42 Å². The summed E-state index contributed by atoms with van der Waals surface area (Å²) < 4.78 is 0.624. The fourth-order valence-corrected chi connectivity index (χ4v) is 1.56. The molecule has 0 fully saturated rings. The number of halogens is 1. The Morgan fingerprint density at radius 1 is 1.62 bits per heavy atom. The van der Waals surface area contributed by atoms with E-state index in [1.54, 1.807) is 6.07 Å². The highest BCUT2D eigenvalue weighted by molar-refractivity contribution is 14.1. The Labute approximate surface area is 88.1 Å². The van der Waals surface area contributed by atoms with Crippen LogP contribution in [0.3, 0.4) is 0 Å². The summed E-state index contributed by atoms with van der Waals surface area (Å²) in [6.07, 6.45) is 0.521. The van der Waals surface area contributed by atoms with Crippen LogP contribution in [0, 0.1) is 3.70 Å². The molecule has 5 heteroatoms. The molecule has 0 radical (unpaired) electrons. The van der Waals surface area contributed by atoms with Crippen molar-refractivity contribution < 1.29 is 14.7 Å². The van der Waals surface area contributed by atoms with Crippen LogP contribution in [0.4, 0.5) is 0 Å². The molecule has 1 rings (SSSR count). The van der Waals surface area contributed by atoms with Gasteiger partial charge in [-0.1, -0.05) is 0 Å². The van der Waals surface area contributed by atoms with Gasteiger partial charge in [0.1, 0.15) is 9.99 Å². The van der Waals surface area contributed by atoms with E-state index in [4.69, 9.17) is 5.11 Å². The minimum atomic E-state index is -0.952. The van der Waals surface area contributed by atoms with E-state index >= 15 is 0 Å². The van der Waals surface area contributed by atoms with Crippen LogP contribution in [-0.2, 0) is 11.2 Å². The van der Waals surface area contributed by atoms with Crippen molar-refractivity contribution in [2.75, 3.05) is 0 Å². The quantitative estimate of drug-likeness (QED) is 0.515. The number of carbonyl (C=O) groups is 2. The average Bonchev–Trinajstić information content (AvgIpc) is 2.01. The molecular formula is C8H6INO3. The molecule has 0 unspecified atom stereocenters. The third-order valence-corrected chi connectivity index (χ3v) is 1.89. The van der Waals surface area contributed by atoms with Crippen molar-refractivity contribution in [2.24, 2.45) is 0 Å². The first-order valence-corrected chi connectivity index (χ1v) is 4.53. The maximum absolute atomic E-state index is 10.4. The smallest absolute Gasteiger partial charge is 0.309 e. The van der Waals surface area contributed by atoms with Crippen LogP contribution in [0.15, 0.2) is 12.1 Å². The number of aromatic nitrogens is 1. The van der Waals surface area contributed by atoms with E-state index in [9.17, 15) is 9.59 Å². The molecule has 13 heavy (non-hydrogen) atoms. The SMILES string of the molecule is O=Cc1cc(I)nc(CC(=O)O)c1. The van der Waals surface area contributed by atoms with Crippen molar-refractivity contribution in [2.45, 2.75) is 6.42 Å². The maximum Gasteiger partial charge on any atom is 0.309 e. The number of aldehydes is 1. The topological polar surface area (TPSA) is 67.3 Å². The molecule has 0 aliphatic carbocycles. The van der Waals surface area contributed by atoms with E-state index in [2.05, 4.69) is 4.98 Å². The summed E-state index contributed by atoms with van der Waals surface area (Å²) in [6, 6.07) is 3.07. The second-order valence-corrected chi connectivity index (χ2v) is 3.51. The van der Waals surface area contributed by atoms with Gasteiger partial charge in [0.2, 0.25) is 0 Å². The van der Waals surface area contributed by atoms with Crippen LogP contribution in [-0.4, -0.2) is 22.3 Å². The van der Waals surface area contributed by atoms with Gasteiger partial charge in [-0.2, -0.15) is 0 Å². The summed E-state index contributed by atoms with van der Waals surface area (Å²) in [5.41, 5.74) is 0.858. The van der Waals surface area contributed by atoms with Gasteiger partial charge in [0.15, 0.2) is 0 Å². The normalized spacial score (nSPS) is 9.62. The fourth-order valence-electron chi connectivity index (χ4n) is 0.887. The molecule has 1 heterocycles. The number of carboxylic acid groups (broad SMARTS) is 1. The van der Waals surface area contributed by atoms with Gasteiger partial charge in [0.25, 0.3) is 0 Å². The van der Waals surface area contributed by atoms with E-state index < -0.39 is 5.97 Å². The Morgan fingerprint density at radius 3 is 2.85 bits per heavy atom. The second-order valence-electron chi connectivity index (χ2n) is 2.40. The Kier molecular flexibility index (Phi) is 3.35. The number of carbonyl (C=O) groups excluding carboxylic acids is 1. The summed E-state index contributed by atoms with van der Waals surface area (Å²) in [5.74, 6) is -0.952. The van der Waals surface area contributed by atoms with Crippen molar-refractivity contribution in [3.63, 3.8) is 0 Å². The first-order valence-electron chi connectivity index (χ1n) is 3.45. The van der Waals surface area contributed by atoms with Gasteiger partial charge < -0.3 is 5.11 Å². The van der Waals surface area contributed by atoms with Crippen molar-refractivity contribution in [3.8, 4) is 0 Å². The second kappa shape index (κ2) is 4.31. The lowest BCUT2D eigenvalue weighted by molar-refractivity contribution is -0.136. The minimum Gasteiger partial charge on any atom is -0.481 e. The molecule has 0 amide bonds. The molecule has 0 bridgehead atoms. The number of pyridine rings is 1. The number of nitrogens with zero attached hydrogens (tertiary/aromatic N) is 1. The average molecular weight is 291 g/mol. The zero-order valence-corrected chi connectivity index (χ0v) is 8.69. The van der Waals surface area contributed by atoms with Gasteiger partial charge in [-0.05, 0) is 34.7 Å². The number of aliphatic carboxylic acids is 1. The molecule has 0 aliphatic rings. The molecule has 0 atom stereocenters. The molecular weight excluding hydrogens is 285 g/mol. The van der Waals surface area contributed by atoms with Crippen molar-refractivity contribution >= 4 is 34.8 Å². The van der Waals surface area contributed by atoms with Gasteiger partial charge in [0.05, 0.1) is 12.1 Å². The van der Waals surface area contributed by atoms with Crippen molar-refractivity contribution in [1.29, 1.82) is 0 Å². The van der Waals surface area contributed by atoms with Crippen LogP contribution < -0.4 is 0 Å². The molecule has 0 aliphatic heterocycles. The highest BCUT2D eigenvalue weighted by Gasteiger charge is 2.04. The highest BCUT2D eigenvalue weighted by atomic mass is 127. The lowest BCUT2D eigenvalue weighted by Gasteiger charge is -1.98. The lowest BCUT2D eigenvalue weighted by Crippen LogP contribution is -2.04. The van der Waals surface area contributed by atoms with E-state index in [1.807, 2.05) is 22.6 Å². The zero-order chi connectivity index (χ0) is 9.84. The predicted octanol–water partition coefficient (Wildman–Crippen LogP) is 1.13. The fraction of sp³-hybridized carbons (Fsp3) is 0.125. The van der Waals surface area contributed by atoms with Gasteiger partial charge >= 0.3 is 5.97 Å². The Bertz CT molecular complexity index is 351. The van der Waals surface area contributed by atoms with E-state index in [0.717, 1.165) is 0 Å². The Balaban J connectivity index is 3.01. The van der Waals surface area contributed by atoms with Crippen LogP contribution in [0.5, 0.6) is 0 Å². The molecule has 0 aromatic carbocycles. The van der Waals surface area contributed by atoms with Crippen molar-refractivity contribution in [3.05, 3.63) is 27.1 Å². The minimum absolute atomic E-state index is 0.155. The van der Waals surface area contributed by atoms with E-state index in [0.29, 0.717) is 21.2 Å². The number of hydrogen-bond acceptors (Lipinski definition) is 3. The first kappa shape index (κ1) is 10.1. The summed E-state index contributed by atoms with van der Waals surface area (Å²) >= 11 is 1.94. The Hall–Kier alpha value is -0.980. The van der Waals surface area contributed by atoms with Crippen LogP contribution >= 0.6 is 22.6 Å². The third kappa shape index (κ3) is 3.10. The van der Waals surface area contributed by atoms with Gasteiger partial charge in [0, 0.05) is 5.56 Å². The molecule has 1 aromatic rings. The standard InChI is InChI=1S/C8H6INO3/c9-7-2-5(4-11)1-6(10-7)3-8(12)13/h1-2,4H,3H2,(H,12,13). The summed E-state index contributed by atoms with van der Waals surface area (Å²) in [7, 11) is 0. The molecule has 4 nitrogen and oxygen atoms in total. The molecule has 68 valence electrons. The number of hydrogen-bond donors (Lipinski definition) is 1. The maximum atomic E-state index is 10.4. The number of carboxylic acids is 1. The largest absolute Gasteiger partial charge is 0.481 e. The van der Waals surface area contributed by atoms with Gasteiger partial charge in [-0.25, -0.2) is 4.98 Å². The lowest BCUT2D eigenvalue weighted by atomic mass is 10.2. The zero-order valence-electron chi connectivity index (χ0n) is 6.53. The molecule has 1 aromatic heterocycles. The molecule has 0 saturated carbocycles. The van der Waals surface area contributed by atoms with E-state index in [1.165, 1.54) is 6.07 Å². The summed E-state index contributed by atoms with van der Waals surface area (Å²) in [4.78, 5) is 24.7. The Morgan fingerprint density at radius 2 is 2.31 bits per heavy atom. The van der Waals surface area contributed by atoms with Crippen LogP contribution in [0.1, 0.15) is 16.1 Å². The highest BCUT2D eigenvalue weighted by Crippen LogP contribution is 2.07. The molecule has 0 spiro atoms. The number of rotatable bonds is 3. The monoisotopic (exact) mass is 291 g/mol. The molecule has 0 saturated heterocycles. The third-order valence-electron chi connectivity index (χ3n) is 1.34. The van der Waals surface area contributed by atoms with Gasteiger partial charge in [-0.3, -0.25) is 9.59 Å². The first-order chi connectivity index (χ1) is 6.11.